The maximum atomic E-state index is 12.6. The van der Waals surface area contributed by atoms with Gasteiger partial charge in [0, 0.05) is 30.9 Å². The molecule has 2 heterocycles. The van der Waals surface area contributed by atoms with Crippen molar-refractivity contribution in [2.75, 3.05) is 5.32 Å². The molecule has 0 fully saturated rings. The number of nitro groups is 1. The van der Waals surface area contributed by atoms with Crippen LogP contribution < -0.4 is 5.32 Å². The molecule has 0 aliphatic heterocycles. The van der Waals surface area contributed by atoms with Gasteiger partial charge in [0.05, 0.1) is 16.0 Å². The number of hydrogen-bond acceptors (Lipinski definition) is 8. The van der Waals surface area contributed by atoms with Crippen molar-refractivity contribution in [2.24, 2.45) is 7.05 Å². The van der Waals surface area contributed by atoms with Crippen molar-refractivity contribution in [3.63, 3.8) is 0 Å². The van der Waals surface area contributed by atoms with Crippen LogP contribution in [0.15, 0.2) is 45.8 Å². The molecule has 140 valence electrons. The number of non-ortho nitro benzene ring substituents is 1. The monoisotopic (exact) mass is 407 g/mol. The Balaban J connectivity index is 1.83. The summed E-state index contributed by atoms with van der Waals surface area (Å²) in [5, 5.41) is 17.3. The number of nitro benzene ring substituents is 1. The van der Waals surface area contributed by atoms with Gasteiger partial charge >= 0.3 is 0 Å². The number of benzene rings is 1. The van der Waals surface area contributed by atoms with Crippen LogP contribution in [0.2, 0.25) is 0 Å². The fourth-order valence-electron chi connectivity index (χ4n) is 2.29. The van der Waals surface area contributed by atoms with Gasteiger partial charge < -0.3 is 0 Å². The van der Waals surface area contributed by atoms with Gasteiger partial charge in [0.2, 0.25) is 9.84 Å². The third-order valence-corrected chi connectivity index (χ3v) is 6.70. The lowest BCUT2D eigenvalue weighted by Crippen LogP contribution is -2.13. The summed E-state index contributed by atoms with van der Waals surface area (Å²) in [5.74, 6) is -0.498. The molecule has 1 amide bonds. The summed E-state index contributed by atoms with van der Waals surface area (Å²) in [5.41, 5.74) is 0.676. The second-order valence-corrected chi connectivity index (χ2v) is 8.73. The average molecular weight is 407 g/mol. The molecule has 12 heteroatoms. The molecule has 3 aromatic rings. The standard InChI is InChI=1S/C15H13N5O5S2/c1-9-8-19(2)18-13(9)14(21)17-15-16-7-12(26-15)27(24,25)11-5-3-10(4-6-11)20(22)23/h3-8H,1-2H3,(H,16,17,21). The minimum atomic E-state index is -3.90. The van der Waals surface area contributed by atoms with Crippen LogP contribution in [0, 0.1) is 17.0 Å². The molecular formula is C15H13N5O5S2. The van der Waals surface area contributed by atoms with E-state index >= 15 is 0 Å². The Morgan fingerprint density at radius 1 is 1.30 bits per heavy atom. The highest BCUT2D eigenvalue weighted by molar-refractivity contribution is 7.93. The van der Waals surface area contributed by atoms with E-state index in [1.807, 2.05) is 0 Å². The Morgan fingerprint density at radius 2 is 1.96 bits per heavy atom. The zero-order valence-corrected chi connectivity index (χ0v) is 15.7. The predicted octanol–water partition coefficient (Wildman–Crippen LogP) is 2.18. The number of aromatic nitrogens is 3. The third-order valence-electron chi connectivity index (χ3n) is 3.55. The van der Waals surface area contributed by atoms with E-state index in [9.17, 15) is 23.3 Å². The second kappa shape index (κ2) is 6.89. The largest absolute Gasteiger partial charge is 0.296 e. The Hall–Kier alpha value is -3.12. The molecule has 0 bridgehead atoms. The van der Waals surface area contributed by atoms with Crippen molar-refractivity contribution in [1.29, 1.82) is 0 Å². The third kappa shape index (κ3) is 3.71. The minimum Gasteiger partial charge on any atom is -0.296 e. The Kier molecular flexibility index (Phi) is 4.76. The summed E-state index contributed by atoms with van der Waals surface area (Å²) >= 11 is 0.781. The van der Waals surface area contributed by atoms with Crippen molar-refractivity contribution >= 4 is 37.9 Å². The van der Waals surface area contributed by atoms with Crippen molar-refractivity contribution in [1.82, 2.24) is 14.8 Å². The second-order valence-electron chi connectivity index (χ2n) is 5.53. The number of carbonyl (C=O) groups is 1. The lowest BCUT2D eigenvalue weighted by atomic mass is 10.3. The van der Waals surface area contributed by atoms with Crippen molar-refractivity contribution < 1.29 is 18.1 Å². The Bertz CT molecular complexity index is 1130. The molecule has 0 spiro atoms. The molecule has 27 heavy (non-hydrogen) atoms. The number of carbonyl (C=O) groups excluding carboxylic acids is 1. The fourth-order valence-corrected chi connectivity index (χ4v) is 4.72. The maximum absolute atomic E-state index is 12.6. The zero-order valence-electron chi connectivity index (χ0n) is 14.1. The van der Waals surface area contributed by atoms with Crippen LogP contribution in [0.5, 0.6) is 0 Å². The number of nitrogens with zero attached hydrogens (tertiary/aromatic N) is 4. The molecule has 0 aliphatic rings. The van der Waals surface area contributed by atoms with Gasteiger partial charge in [0.1, 0.15) is 4.21 Å². The van der Waals surface area contributed by atoms with Crippen LogP contribution >= 0.6 is 11.3 Å². The van der Waals surface area contributed by atoms with Crippen LogP contribution in [0.1, 0.15) is 16.1 Å². The predicted molar refractivity (Wildman–Crippen MR) is 96.6 cm³/mol. The maximum Gasteiger partial charge on any atom is 0.278 e. The van der Waals surface area contributed by atoms with E-state index in [1.54, 1.807) is 20.2 Å². The zero-order chi connectivity index (χ0) is 19.8. The van der Waals surface area contributed by atoms with E-state index in [2.05, 4.69) is 15.4 Å². The number of anilines is 1. The SMILES string of the molecule is Cc1cn(C)nc1C(=O)Nc1ncc(S(=O)(=O)c2ccc([N+](=O)[O-])cc2)s1. The molecule has 0 saturated heterocycles. The molecule has 3 rings (SSSR count). The molecule has 0 radical (unpaired) electrons. The van der Waals surface area contributed by atoms with Gasteiger partial charge in [-0.1, -0.05) is 11.3 Å². The molecule has 0 aliphatic carbocycles. The summed E-state index contributed by atoms with van der Waals surface area (Å²) in [7, 11) is -2.22. The summed E-state index contributed by atoms with van der Waals surface area (Å²) in [4.78, 5) is 26.1. The van der Waals surface area contributed by atoms with E-state index < -0.39 is 20.7 Å². The van der Waals surface area contributed by atoms with Crippen LogP contribution in [-0.2, 0) is 16.9 Å². The van der Waals surface area contributed by atoms with Crippen LogP contribution in [0.3, 0.4) is 0 Å². The first-order chi connectivity index (χ1) is 12.7. The van der Waals surface area contributed by atoms with Crippen molar-refractivity contribution in [2.45, 2.75) is 16.0 Å². The molecule has 0 atom stereocenters. The van der Waals surface area contributed by atoms with Crippen molar-refractivity contribution in [3.8, 4) is 0 Å². The van der Waals surface area contributed by atoms with Crippen LogP contribution in [-0.4, -0.2) is 34.0 Å². The normalized spacial score (nSPS) is 11.3. The lowest BCUT2D eigenvalue weighted by Gasteiger charge is -2.01. The number of aryl methyl sites for hydroxylation is 2. The summed E-state index contributed by atoms with van der Waals surface area (Å²) in [6, 6.07) is 4.53. The summed E-state index contributed by atoms with van der Waals surface area (Å²) < 4.78 is 26.6. The van der Waals surface area contributed by atoms with Gasteiger partial charge in [0.25, 0.3) is 11.6 Å². The topological polar surface area (TPSA) is 137 Å². The number of sulfone groups is 1. The first kappa shape index (κ1) is 18.7. The quantitative estimate of drug-likeness (QED) is 0.505. The molecule has 1 aromatic carbocycles. The highest BCUT2D eigenvalue weighted by atomic mass is 32.2. The summed E-state index contributed by atoms with van der Waals surface area (Å²) in [6.45, 7) is 1.73. The van der Waals surface area contributed by atoms with Gasteiger partial charge in [-0.25, -0.2) is 13.4 Å². The lowest BCUT2D eigenvalue weighted by molar-refractivity contribution is -0.384. The Labute approximate surface area is 157 Å². The fraction of sp³-hybridized carbons (Fsp3) is 0.133. The molecular weight excluding hydrogens is 394 g/mol. The smallest absolute Gasteiger partial charge is 0.278 e. The number of hydrogen-bond donors (Lipinski definition) is 1. The van der Waals surface area contributed by atoms with E-state index in [-0.39, 0.29) is 25.6 Å². The summed E-state index contributed by atoms with van der Waals surface area (Å²) in [6.07, 6.45) is 2.81. The molecule has 0 unspecified atom stereocenters. The molecule has 0 saturated carbocycles. The first-order valence-electron chi connectivity index (χ1n) is 7.45. The number of nitrogens with one attached hydrogen (secondary N) is 1. The minimum absolute atomic E-state index is 0.0932. The van der Waals surface area contributed by atoms with Gasteiger partial charge in [-0.2, -0.15) is 5.10 Å². The van der Waals surface area contributed by atoms with Gasteiger partial charge in [0.15, 0.2) is 10.8 Å². The number of amides is 1. The van der Waals surface area contributed by atoms with Gasteiger partial charge in [-0.3, -0.25) is 24.9 Å². The number of thiazole rings is 1. The highest BCUT2D eigenvalue weighted by Gasteiger charge is 2.23. The number of rotatable bonds is 5. The van der Waals surface area contributed by atoms with Crippen LogP contribution in [0.4, 0.5) is 10.8 Å². The van der Waals surface area contributed by atoms with E-state index in [0.717, 1.165) is 41.8 Å². The van der Waals surface area contributed by atoms with Gasteiger partial charge in [-0.15, -0.1) is 0 Å². The van der Waals surface area contributed by atoms with Gasteiger partial charge in [-0.05, 0) is 19.1 Å². The van der Waals surface area contributed by atoms with Crippen LogP contribution in [0.25, 0.3) is 0 Å². The van der Waals surface area contributed by atoms with E-state index in [1.165, 1.54) is 4.68 Å². The van der Waals surface area contributed by atoms with E-state index in [4.69, 9.17) is 0 Å². The first-order valence-corrected chi connectivity index (χ1v) is 9.75. The Morgan fingerprint density at radius 3 is 2.52 bits per heavy atom. The highest BCUT2D eigenvalue weighted by Crippen LogP contribution is 2.29. The van der Waals surface area contributed by atoms with Crippen molar-refractivity contribution in [3.05, 3.63) is 58.0 Å². The molecule has 10 nitrogen and oxygen atoms in total. The molecule has 1 N–H and O–H groups in total. The van der Waals surface area contributed by atoms with E-state index in [0.29, 0.717) is 5.56 Å². The average Bonchev–Trinajstić information content (AvgIpc) is 3.21. The molecule has 2 aromatic heterocycles.